The third-order valence-electron chi connectivity index (χ3n) is 3.09. The minimum Gasteiger partial charge on any atom is -0.480 e. The zero-order valence-electron chi connectivity index (χ0n) is 13.6. The Morgan fingerprint density at radius 1 is 1.17 bits per heavy atom. The second-order valence-electron chi connectivity index (χ2n) is 5.13. The summed E-state index contributed by atoms with van der Waals surface area (Å²) in [5.74, 6) is -1.09. The zero-order valence-corrected chi connectivity index (χ0v) is 14.4. The molecule has 0 aliphatic heterocycles. The number of nitrogens with one attached hydrogen (secondary N) is 1. The van der Waals surface area contributed by atoms with Crippen molar-refractivity contribution in [2.24, 2.45) is 0 Å². The van der Waals surface area contributed by atoms with Gasteiger partial charge >= 0.3 is 5.97 Å². The molecule has 0 unspecified atom stereocenters. The van der Waals surface area contributed by atoms with Crippen LogP contribution in [0.25, 0.3) is 0 Å². The van der Waals surface area contributed by atoms with Crippen molar-refractivity contribution in [1.29, 1.82) is 0 Å². The zero-order chi connectivity index (χ0) is 16.4. The highest BCUT2D eigenvalue weighted by molar-refractivity contribution is 5.85. The summed E-state index contributed by atoms with van der Waals surface area (Å²) in [6.07, 6.45) is 0.807. The molecule has 23 heavy (non-hydrogen) atoms. The van der Waals surface area contributed by atoms with Crippen LogP contribution in [0.3, 0.4) is 0 Å². The molecule has 0 spiro atoms. The fourth-order valence-corrected chi connectivity index (χ4v) is 2.10. The second kappa shape index (κ2) is 11.9. The van der Waals surface area contributed by atoms with Crippen molar-refractivity contribution in [2.45, 2.75) is 26.5 Å². The van der Waals surface area contributed by atoms with E-state index in [1.807, 2.05) is 31.2 Å². The lowest BCUT2D eigenvalue weighted by atomic mass is 10.1. The number of hydrogen-bond donors (Lipinski definition) is 2. The van der Waals surface area contributed by atoms with E-state index in [4.69, 9.17) is 9.84 Å². The highest BCUT2D eigenvalue weighted by Crippen LogP contribution is 2.05. The van der Waals surface area contributed by atoms with Crippen molar-refractivity contribution in [3.05, 3.63) is 35.4 Å². The number of halogens is 1. The number of ether oxygens (including phenoxy) is 1. The Balaban J connectivity index is 0.00000484. The van der Waals surface area contributed by atoms with Gasteiger partial charge in [-0.05, 0) is 24.1 Å². The molecule has 0 aliphatic carbocycles. The van der Waals surface area contributed by atoms with E-state index in [1.165, 1.54) is 0 Å². The molecule has 0 saturated heterocycles. The molecule has 6 nitrogen and oxygen atoms in total. The van der Waals surface area contributed by atoms with Gasteiger partial charge in [-0.1, -0.05) is 31.2 Å². The highest BCUT2D eigenvalue weighted by Gasteiger charge is 2.12. The summed E-state index contributed by atoms with van der Waals surface area (Å²) in [5.41, 5.74) is 2.07. The van der Waals surface area contributed by atoms with Crippen molar-refractivity contribution in [3.63, 3.8) is 0 Å². The normalized spacial score (nSPS) is 10.2. The van der Waals surface area contributed by atoms with Gasteiger partial charge in [0.25, 0.3) is 0 Å². The van der Waals surface area contributed by atoms with Crippen molar-refractivity contribution in [1.82, 2.24) is 10.2 Å². The molecular formula is C16H25ClN2O4. The first-order chi connectivity index (χ1) is 10.5. The number of benzene rings is 1. The quantitative estimate of drug-likeness (QED) is 0.675. The molecule has 0 atom stereocenters. The number of carbonyl (C=O) groups is 2. The first-order valence-electron chi connectivity index (χ1n) is 7.32. The van der Waals surface area contributed by atoms with Crippen LogP contribution in [-0.2, 0) is 27.5 Å². The lowest BCUT2D eigenvalue weighted by Crippen LogP contribution is -2.39. The van der Waals surface area contributed by atoms with Crippen LogP contribution in [0.2, 0.25) is 0 Å². The number of amides is 1. The Morgan fingerprint density at radius 2 is 1.78 bits per heavy atom. The predicted molar refractivity (Wildman–Crippen MR) is 90.6 cm³/mol. The van der Waals surface area contributed by atoms with E-state index in [-0.39, 0.29) is 31.4 Å². The van der Waals surface area contributed by atoms with Crippen LogP contribution >= 0.6 is 12.4 Å². The van der Waals surface area contributed by atoms with Crippen LogP contribution in [0.5, 0.6) is 0 Å². The maximum atomic E-state index is 11.9. The SMILES string of the molecule is CCCN(CC(=O)O)CC(=O)NCc1ccc(COC)cc1.Cl. The highest BCUT2D eigenvalue weighted by atomic mass is 35.5. The third kappa shape index (κ3) is 9.18. The van der Waals surface area contributed by atoms with Crippen LogP contribution < -0.4 is 5.32 Å². The molecule has 0 aromatic heterocycles. The molecule has 1 rings (SSSR count). The molecule has 0 radical (unpaired) electrons. The predicted octanol–water partition coefficient (Wildman–Crippen LogP) is 1.67. The van der Waals surface area contributed by atoms with Crippen LogP contribution in [0.4, 0.5) is 0 Å². The van der Waals surface area contributed by atoms with Crippen molar-refractivity contribution in [3.8, 4) is 0 Å². The van der Waals surface area contributed by atoms with Crippen LogP contribution in [0.1, 0.15) is 24.5 Å². The number of methoxy groups -OCH3 is 1. The standard InChI is InChI=1S/C16H24N2O4.ClH/c1-3-8-18(11-16(20)21)10-15(19)17-9-13-4-6-14(7-5-13)12-22-2;/h4-7H,3,8-12H2,1-2H3,(H,17,19)(H,20,21);1H. The lowest BCUT2D eigenvalue weighted by Gasteiger charge is -2.18. The summed E-state index contributed by atoms with van der Waals surface area (Å²) < 4.78 is 5.04. The van der Waals surface area contributed by atoms with Gasteiger partial charge in [0.15, 0.2) is 0 Å². The van der Waals surface area contributed by atoms with Gasteiger partial charge in [0, 0.05) is 13.7 Å². The maximum Gasteiger partial charge on any atom is 0.317 e. The Labute approximate surface area is 143 Å². The molecule has 1 aromatic carbocycles. The maximum absolute atomic E-state index is 11.9. The second-order valence-corrected chi connectivity index (χ2v) is 5.13. The number of carboxylic acids is 1. The average Bonchev–Trinajstić information content (AvgIpc) is 2.46. The minimum absolute atomic E-state index is 0. The van der Waals surface area contributed by atoms with E-state index < -0.39 is 5.97 Å². The van der Waals surface area contributed by atoms with E-state index in [0.717, 1.165) is 17.5 Å². The molecule has 0 fully saturated rings. The lowest BCUT2D eigenvalue weighted by molar-refractivity contribution is -0.138. The molecule has 130 valence electrons. The fourth-order valence-electron chi connectivity index (χ4n) is 2.10. The van der Waals surface area contributed by atoms with Gasteiger partial charge in [0.1, 0.15) is 0 Å². The number of rotatable bonds is 10. The monoisotopic (exact) mass is 344 g/mol. The molecule has 0 bridgehead atoms. The smallest absolute Gasteiger partial charge is 0.317 e. The summed E-state index contributed by atoms with van der Waals surface area (Å²) in [5, 5.41) is 11.6. The van der Waals surface area contributed by atoms with Gasteiger partial charge in [0.05, 0.1) is 19.7 Å². The number of aliphatic carboxylic acids is 1. The summed E-state index contributed by atoms with van der Waals surface area (Å²) in [7, 11) is 1.65. The van der Waals surface area contributed by atoms with Crippen LogP contribution in [0, 0.1) is 0 Å². The fraction of sp³-hybridized carbons (Fsp3) is 0.500. The van der Waals surface area contributed by atoms with Gasteiger partial charge < -0.3 is 15.2 Å². The van der Waals surface area contributed by atoms with Crippen molar-refractivity contribution >= 4 is 24.3 Å². The number of hydrogen-bond acceptors (Lipinski definition) is 4. The van der Waals surface area contributed by atoms with Gasteiger partial charge in [-0.25, -0.2) is 0 Å². The molecular weight excluding hydrogens is 320 g/mol. The van der Waals surface area contributed by atoms with Crippen LogP contribution in [-0.4, -0.2) is 48.6 Å². The first kappa shape index (κ1) is 21.4. The van der Waals surface area contributed by atoms with E-state index in [0.29, 0.717) is 19.7 Å². The molecule has 0 saturated carbocycles. The number of nitrogens with zero attached hydrogens (tertiary/aromatic N) is 1. The van der Waals surface area contributed by atoms with E-state index in [2.05, 4.69) is 5.32 Å². The molecule has 2 N–H and O–H groups in total. The molecule has 1 amide bonds. The third-order valence-corrected chi connectivity index (χ3v) is 3.09. The van der Waals surface area contributed by atoms with Crippen LogP contribution in [0.15, 0.2) is 24.3 Å². The van der Waals surface area contributed by atoms with Gasteiger partial charge in [-0.3, -0.25) is 14.5 Å². The van der Waals surface area contributed by atoms with Gasteiger partial charge in [0.2, 0.25) is 5.91 Å². The van der Waals surface area contributed by atoms with Gasteiger partial charge in [-0.15, -0.1) is 12.4 Å². The van der Waals surface area contributed by atoms with E-state index in [1.54, 1.807) is 12.0 Å². The average molecular weight is 345 g/mol. The first-order valence-corrected chi connectivity index (χ1v) is 7.32. The number of carboxylic acid groups (broad SMARTS) is 1. The largest absolute Gasteiger partial charge is 0.480 e. The van der Waals surface area contributed by atoms with Crippen molar-refractivity contribution in [2.75, 3.05) is 26.7 Å². The number of carbonyl (C=O) groups excluding carboxylic acids is 1. The topological polar surface area (TPSA) is 78.9 Å². The Bertz CT molecular complexity index is 479. The van der Waals surface area contributed by atoms with E-state index in [9.17, 15) is 9.59 Å². The Morgan fingerprint density at radius 3 is 2.30 bits per heavy atom. The molecule has 0 aliphatic rings. The summed E-state index contributed by atoms with van der Waals surface area (Å²) in [6.45, 7) is 3.52. The summed E-state index contributed by atoms with van der Waals surface area (Å²) >= 11 is 0. The Hall–Kier alpha value is -1.63. The molecule has 7 heteroatoms. The Kier molecular flexibility index (Phi) is 11.0. The van der Waals surface area contributed by atoms with E-state index >= 15 is 0 Å². The van der Waals surface area contributed by atoms with Gasteiger partial charge in [-0.2, -0.15) is 0 Å². The molecule has 1 aromatic rings. The minimum atomic E-state index is -0.921. The molecule has 0 heterocycles. The van der Waals surface area contributed by atoms with Crippen molar-refractivity contribution < 1.29 is 19.4 Å². The summed E-state index contributed by atoms with van der Waals surface area (Å²) in [6, 6.07) is 7.79. The summed E-state index contributed by atoms with van der Waals surface area (Å²) in [4.78, 5) is 24.3.